The molecule has 0 aliphatic heterocycles. The Kier molecular flexibility index (Phi) is 7.67. The van der Waals surface area contributed by atoms with Crippen molar-refractivity contribution in [1.29, 1.82) is 5.41 Å². The van der Waals surface area contributed by atoms with E-state index in [9.17, 15) is 18.0 Å². The number of carbonyl (C=O) groups is 1. The average Bonchev–Trinajstić information content (AvgIpc) is 3.52. The summed E-state index contributed by atoms with van der Waals surface area (Å²) >= 11 is 0. The number of halogens is 3. The van der Waals surface area contributed by atoms with Crippen LogP contribution >= 0.6 is 0 Å². The normalized spacial score (nSPS) is 11.5. The van der Waals surface area contributed by atoms with E-state index >= 15 is 0 Å². The molecule has 0 spiro atoms. The number of alkyl halides is 3. The van der Waals surface area contributed by atoms with Gasteiger partial charge < -0.3 is 21.0 Å². The Morgan fingerprint density at radius 3 is 2.51 bits per heavy atom. The minimum absolute atomic E-state index is 0.0437. The predicted molar refractivity (Wildman–Crippen MR) is 143 cm³/mol. The molecule has 0 saturated heterocycles. The number of aryl methyl sites for hydroxylation is 3. The fourth-order valence-electron chi connectivity index (χ4n) is 3.67. The number of allylic oxidation sites excluding steroid dienone is 1. The molecule has 0 bridgehead atoms. The Morgan fingerprint density at radius 1 is 1.05 bits per heavy atom. The summed E-state index contributed by atoms with van der Waals surface area (Å²) in [5.41, 5.74) is 2.75. The van der Waals surface area contributed by atoms with Crippen LogP contribution in [0.2, 0.25) is 0 Å². The van der Waals surface area contributed by atoms with Crippen molar-refractivity contribution in [3.8, 4) is 11.8 Å². The van der Waals surface area contributed by atoms with E-state index < -0.39 is 17.6 Å². The van der Waals surface area contributed by atoms with Gasteiger partial charge in [-0.25, -0.2) is 4.98 Å². The number of H-pyrrole nitrogens is 1. The molecule has 2 heterocycles. The van der Waals surface area contributed by atoms with Crippen LogP contribution < -0.4 is 10.6 Å². The molecule has 39 heavy (non-hydrogen) atoms. The zero-order valence-corrected chi connectivity index (χ0v) is 21.2. The number of aromatic nitrogens is 4. The minimum Gasteiger partial charge on any atom is -0.350 e. The maximum Gasteiger partial charge on any atom is 0.416 e. The van der Waals surface area contributed by atoms with Crippen molar-refractivity contribution in [1.82, 2.24) is 19.7 Å². The maximum absolute atomic E-state index is 13.3. The van der Waals surface area contributed by atoms with Gasteiger partial charge in [-0.3, -0.25) is 9.48 Å². The molecule has 11 heteroatoms. The van der Waals surface area contributed by atoms with Gasteiger partial charge in [-0.15, -0.1) is 0 Å². The maximum atomic E-state index is 13.3. The second kappa shape index (κ2) is 11.1. The fraction of sp³-hybridized carbons (Fsp3) is 0.143. The molecule has 4 rings (SSSR count). The predicted octanol–water partition coefficient (Wildman–Crippen LogP) is 5.53. The van der Waals surface area contributed by atoms with Gasteiger partial charge in [0.15, 0.2) is 5.82 Å². The molecule has 4 N–H and O–H groups in total. The molecule has 4 aromatic rings. The lowest BCUT2D eigenvalue weighted by Gasteiger charge is -2.12. The molecule has 8 nitrogen and oxygen atoms in total. The highest BCUT2D eigenvalue weighted by molar-refractivity contribution is 6.04. The van der Waals surface area contributed by atoms with Crippen LogP contribution in [0.1, 0.15) is 44.1 Å². The van der Waals surface area contributed by atoms with Crippen LogP contribution in [0.25, 0.3) is 5.70 Å². The summed E-state index contributed by atoms with van der Waals surface area (Å²) < 4.78 is 41.4. The minimum atomic E-state index is -4.55. The van der Waals surface area contributed by atoms with Crippen molar-refractivity contribution < 1.29 is 18.0 Å². The van der Waals surface area contributed by atoms with Crippen LogP contribution in [-0.4, -0.2) is 31.9 Å². The zero-order chi connectivity index (χ0) is 28.2. The third kappa shape index (κ3) is 6.61. The number of nitrogens with zero attached hydrogens (tertiary/aromatic N) is 3. The van der Waals surface area contributed by atoms with E-state index in [1.807, 2.05) is 6.92 Å². The standard InChI is InChI=1S/C28H24F3N7O/c1-17-5-8-21(37-27(39)20-6-4-18(2)24(13-20)28(29,30)31)12-19(17)7-9-22-14-33-26(36-22)25(10-11-32)35-23-15-34-38(3)16-23/h4-6,8,10-16,32,35H,1-3H3,(H,33,36)(H,37,39)/b25-10+,32-11?. The Bertz CT molecular complexity index is 1630. The van der Waals surface area contributed by atoms with E-state index in [2.05, 4.69) is 37.5 Å². The molecule has 2 aromatic heterocycles. The molecule has 0 aliphatic rings. The highest BCUT2D eigenvalue weighted by Gasteiger charge is 2.33. The van der Waals surface area contributed by atoms with Crippen molar-refractivity contribution in [3.05, 3.63) is 100 Å². The number of anilines is 2. The number of nitrogens with one attached hydrogen (secondary N) is 4. The van der Waals surface area contributed by atoms with Gasteiger partial charge in [-0.2, -0.15) is 18.3 Å². The van der Waals surface area contributed by atoms with Crippen LogP contribution in [-0.2, 0) is 13.2 Å². The van der Waals surface area contributed by atoms with Crippen molar-refractivity contribution in [2.24, 2.45) is 7.05 Å². The number of imidazole rings is 1. The number of benzene rings is 2. The first-order valence-electron chi connectivity index (χ1n) is 11.7. The Balaban J connectivity index is 1.52. The molecular weight excluding hydrogens is 507 g/mol. The Labute approximate surface area is 222 Å². The van der Waals surface area contributed by atoms with Crippen LogP contribution in [0.15, 0.2) is 61.1 Å². The summed E-state index contributed by atoms with van der Waals surface area (Å²) in [7, 11) is 1.79. The molecule has 0 atom stereocenters. The first-order chi connectivity index (χ1) is 18.5. The lowest BCUT2D eigenvalue weighted by molar-refractivity contribution is -0.138. The van der Waals surface area contributed by atoms with E-state index in [-0.39, 0.29) is 11.1 Å². The van der Waals surface area contributed by atoms with E-state index in [1.165, 1.54) is 19.1 Å². The molecular formula is C28H24F3N7O. The van der Waals surface area contributed by atoms with Gasteiger partial charge >= 0.3 is 6.18 Å². The molecule has 0 aliphatic carbocycles. The van der Waals surface area contributed by atoms with Gasteiger partial charge in [0.05, 0.1) is 29.3 Å². The van der Waals surface area contributed by atoms with Crippen LogP contribution in [0, 0.1) is 31.1 Å². The molecule has 0 unspecified atom stereocenters. The van der Waals surface area contributed by atoms with Gasteiger partial charge in [0.2, 0.25) is 0 Å². The second-order valence-electron chi connectivity index (χ2n) is 8.68. The first kappa shape index (κ1) is 26.9. The van der Waals surface area contributed by atoms with Gasteiger partial charge in [0.25, 0.3) is 5.91 Å². The van der Waals surface area contributed by atoms with Gasteiger partial charge in [0, 0.05) is 36.3 Å². The summed E-state index contributed by atoms with van der Waals surface area (Å²) in [6.07, 6.45) is 3.11. The van der Waals surface area contributed by atoms with Crippen molar-refractivity contribution >= 4 is 29.2 Å². The van der Waals surface area contributed by atoms with Crippen molar-refractivity contribution in [2.75, 3.05) is 10.6 Å². The molecule has 2 aromatic carbocycles. The monoisotopic (exact) mass is 531 g/mol. The number of rotatable bonds is 6. The quantitative estimate of drug-likeness (QED) is 0.194. The van der Waals surface area contributed by atoms with E-state index in [0.717, 1.165) is 23.5 Å². The molecule has 0 fully saturated rings. The number of carbonyl (C=O) groups excluding carboxylic acids is 1. The molecule has 0 radical (unpaired) electrons. The molecule has 1 amide bonds. The lowest BCUT2D eigenvalue weighted by Crippen LogP contribution is -2.15. The topological polar surface area (TPSA) is 111 Å². The zero-order valence-electron chi connectivity index (χ0n) is 21.2. The van der Waals surface area contributed by atoms with Crippen LogP contribution in [0.4, 0.5) is 24.5 Å². The third-order valence-corrected chi connectivity index (χ3v) is 5.70. The van der Waals surface area contributed by atoms with Gasteiger partial charge in [-0.1, -0.05) is 18.1 Å². The van der Waals surface area contributed by atoms with E-state index in [1.54, 1.807) is 54.6 Å². The highest BCUT2D eigenvalue weighted by Crippen LogP contribution is 2.32. The smallest absolute Gasteiger partial charge is 0.350 e. The Morgan fingerprint density at radius 2 is 1.82 bits per heavy atom. The largest absolute Gasteiger partial charge is 0.416 e. The summed E-state index contributed by atoms with van der Waals surface area (Å²) in [4.78, 5) is 20.1. The van der Waals surface area contributed by atoms with Crippen molar-refractivity contribution in [2.45, 2.75) is 20.0 Å². The third-order valence-electron chi connectivity index (χ3n) is 5.70. The average molecular weight is 532 g/mol. The number of hydrogen-bond donors (Lipinski definition) is 4. The number of hydrogen-bond acceptors (Lipinski definition) is 5. The highest BCUT2D eigenvalue weighted by atomic mass is 19.4. The van der Waals surface area contributed by atoms with Gasteiger partial charge in [-0.05, 0) is 61.2 Å². The fourth-order valence-corrected chi connectivity index (χ4v) is 3.67. The van der Waals surface area contributed by atoms with Crippen LogP contribution in [0.3, 0.4) is 0 Å². The van der Waals surface area contributed by atoms with Crippen molar-refractivity contribution in [3.63, 3.8) is 0 Å². The summed E-state index contributed by atoms with van der Waals surface area (Å²) in [5.74, 6) is 5.85. The first-order valence-corrected chi connectivity index (χ1v) is 11.7. The van der Waals surface area contributed by atoms with Crippen LogP contribution in [0.5, 0.6) is 0 Å². The number of aromatic amines is 1. The SMILES string of the molecule is Cc1ccc(NC(=O)c2ccc(C)c(C(F)(F)F)c2)cc1C#Cc1cnc(/C(=C\C=N)Nc2cnn(C)c2)[nH]1. The van der Waals surface area contributed by atoms with E-state index in [0.29, 0.717) is 28.5 Å². The molecule has 0 saturated carbocycles. The summed E-state index contributed by atoms with van der Waals surface area (Å²) in [6.45, 7) is 3.20. The summed E-state index contributed by atoms with van der Waals surface area (Å²) in [5, 5.41) is 17.3. The second-order valence-corrected chi connectivity index (χ2v) is 8.68. The Hall–Kier alpha value is -5.11. The molecule has 198 valence electrons. The summed E-state index contributed by atoms with van der Waals surface area (Å²) in [6, 6.07) is 8.55. The van der Waals surface area contributed by atoms with Gasteiger partial charge in [0.1, 0.15) is 5.69 Å². The number of amides is 1. The van der Waals surface area contributed by atoms with E-state index in [4.69, 9.17) is 5.41 Å². The lowest BCUT2D eigenvalue weighted by atomic mass is 10.0.